The van der Waals surface area contributed by atoms with Crippen LogP contribution in [0.3, 0.4) is 0 Å². The second-order valence-electron chi connectivity index (χ2n) is 7.25. The Bertz CT molecular complexity index is 1370. The smallest absolute Gasteiger partial charge is 0.253 e. The summed E-state index contributed by atoms with van der Waals surface area (Å²) in [6.07, 6.45) is 0.376. The van der Waals surface area contributed by atoms with Crippen molar-refractivity contribution in [3.8, 4) is 0 Å². The van der Waals surface area contributed by atoms with Crippen molar-refractivity contribution in [3.05, 3.63) is 104 Å². The minimum atomic E-state index is -2.79. The van der Waals surface area contributed by atoms with E-state index < -0.39 is 17.2 Å². The van der Waals surface area contributed by atoms with Gasteiger partial charge in [-0.15, -0.1) is 0 Å². The lowest BCUT2D eigenvalue weighted by Gasteiger charge is -2.27. The molecule has 7 nitrogen and oxygen atoms in total. The first-order valence-corrected chi connectivity index (χ1v) is 13.4. The molecule has 0 aliphatic rings. The van der Waals surface area contributed by atoms with E-state index in [-0.39, 0.29) is 23.6 Å². The van der Waals surface area contributed by atoms with Gasteiger partial charge in [0.2, 0.25) is 0 Å². The lowest BCUT2D eigenvalue weighted by atomic mass is 10.1. The van der Waals surface area contributed by atoms with Gasteiger partial charge in [0, 0.05) is 33.0 Å². The minimum Gasteiger partial charge on any atom is -0.755 e. The molecule has 0 bridgehead atoms. The zero-order valence-corrected chi connectivity index (χ0v) is 22.5. The van der Waals surface area contributed by atoms with Crippen LogP contribution in [0, 0.1) is 0 Å². The highest BCUT2D eigenvalue weighted by molar-refractivity contribution is 9.10. The monoisotopic (exact) mass is 609 g/mol. The Labute approximate surface area is 227 Å². The van der Waals surface area contributed by atoms with Crippen LogP contribution in [0.5, 0.6) is 0 Å². The standard InChI is InChI=1S/C23H17BrCl2N4O3S2/c24-15-9-10-16(23(31)27-13-17-18(25)7-4-8-19(17)26)21(12-15)30(35(32)33)22-20(28-34-29-22)11-14-5-2-1-3-6-14/h1-10,12H,11,13H2,(H,27,31)(H,32,33)/p-1. The lowest BCUT2D eigenvalue weighted by Crippen LogP contribution is -2.28. The number of halogens is 3. The van der Waals surface area contributed by atoms with E-state index in [0.717, 1.165) is 21.6 Å². The number of rotatable bonds is 8. The van der Waals surface area contributed by atoms with Gasteiger partial charge in [0.25, 0.3) is 5.91 Å². The number of benzene rings is 3. The number of aromatic nitrogens is 2. The van der Waals surface area contributed by atoms with Crippen LogP contribution < -0.4 is 9.62 Å². The van der Waals surface area contributed by atoms with Gasteiger partial charge in [0.15, 0.2) is 5.82 Å². The highest BCUT2D eigenvalue weighted by Crippen LogP contribution is 2.34. The van der Waals surface area contributed by atoms with Crippen molar-refractivity contribution in [1.82, 2.24) is 14.1 Å². The number of nitrogens with one attached hydrogen (secondary N) is 1. The normalized spacial score (nSPS) is 11.8. The predicted octanol–water partition coefficient (Wildman–Crippen LogP) is 6.06. The Morgan fingerprint density at radius 1 is 1.06 bits per heavy atom. The average molecular weight is 611 g/mol. The van der Waals surface area contributed by atoms with Crippen molar-refractivity contribution in [2.24, 2.45) is 0 Å². The Kier molecular flexibility index (Phi) is 8.53. The maximum atomic E-state index is 13.2. The predicted molar refractivity (Wildman–Crippen MR) is 142 cm³/mol. The summed E-state index contributed by atoms with van der Waals surface area (Å²) in [7, 11) is 0. The van der Waals surface area contributed by atoms with Crippen LogP contribution in [0.4, 0.5) is 11.5 Å². The van der Waals surface area contributed by atoms with Crippen molar-refractivity contribution in [1.29, 1.82) is 0 Å². The molecule has 1 heterocycles. The van der Waals surface area contributed by atoms with E-state index in [0.29, 0.717) is 32.2 Å². The SMILES string of the molecule is O=C(NCc1c(Cl)cccc1Cl)c1ccc(Br)cc1N(c1nsnc1Cc1ccccc1)S(=O)[O-]. The van der Waals surface area contributed by atoms with E-state index in [9.17, 15) is 13.6 Å². The van der Waals surface area contributed by atoms with Gasteiger partial charge in [-0.05, 0) is 35.9 Å². The molecule has 0 aliphatic heterocycles. The third-order valence-corrected chi connectivity index (χ3v) is 7.43. The zero-order valence-electron chi connectivity index (χ0n) is 17.8. The van der Waals surface area contributed by atoms with E-state index in [1.165, 1.54) is 6.07 Å². The summed E-state index contributed by atoms with van der Waals surface area (Å²) in [5, 5.41) is 3.59. The van der Waals surface area contributed by atoms with Crippen LogP contribution in [-0.4, -0.2) is 23.4 Å². The fourth-order valence-corrected chi connectivity index (χ4v) is 5.43. The maximum absolute atomic E-state index is 13.2. The third-order valence-electron chi connectivity index (χ3n) is 5.00. The van der Waals surface area contributed by atoms with Crippen LogP contribution in [-0.2, 0) is 24.2 Å². The molecule has 0 fully saturated rings. The van der Waals surface area contributed by atoms with Crippen molar-refractivity contribution in [3.63, 3.8) is 0 Å². The molecule has 1 atom stereocenters. The van der Waals surface area contributed by atoms with Crippen LogP contribution in [0.15, 0.2) is 71.2 Å². The van der Waals surface area contributed by atoms with Crippen molar-refractivity contribution < 1.29 is 13.6 Å². The Morgan fingerprint density at radius 2 is 1.77 bits per heavy atom. The van der Waals surface area contributed by atoms with Crippen LogP contribution >= 0.6 is 50.9 Å². The van der Waals surface area contributed by atoms with Crippen LogP contribution in [0.25, 0.3) is 0 Å². The average Bonchev–Trinajstić information content (AvgIpc) is 3.26. The summed E-state index contributed by atoms with van der Waals surface area (Å²) in [5.74, 6) is -0.375. The van der Waals surface area contributed by atoms with Crippen LogP contribution in [0.2, 0.25) is 10.0 Å². The summed E-state index contributed by atoms with van der Waals surface area (Å²) < 4.78 is 35.0. The number of carbonyl (C=O) groups is 1. The molecule has 0 saturated heterocycles. The van der Waals surface area contributed by atoms with Gasteiger partial charge in [0.05, 0.1) is 34.2 Å². The first kappa shape index (κ1) is 25.7. The Hall–Kier alpha value is -2.34. The molecule has 180 valence electrons. The zero-order chi connectivity index (χ0) is 24.9. The molecular formula is C23H16BrCl2N4O3S2-. The molecule has 0 saturated carbocycles. The number of hydrogen-bond acceptors (Lipinski definition) is 6. The van der Waals surface area contributed by atoms with Gasteiger partial charge >= 0.3 is 0 Å². The summed E-state index contributed by atoms with van der Waals surface area (Å²) >= 11 is 13.9. The summed E-state index contributed by atoms with van der Waals surface area (Å²) in [6, 6.07) is 19.3. The van der Waals surface area contributed by atoms with E-state index >= 15 is 0 Å². The summed E-state index contributed by atoms with van der Waals surface area (Å²) in [6.45, 7) is 0.0603. The molecule has 0 aliphatic carbocycles. The highest BCUT2D eigenvalue weighted by Gasteiger charge is 2.25. The number of hydrogen-bond donors (Lipinski definition) is 1. The fourth-order valence-electron chi connectivity index (χ4n) is 3.35. The number of anilines is 2. The summed E-state index contributed by atoms with van der Waals surface area (Å²) in [5.41, 5.74) is 2.22. The summed E-state index contributed by atoms with van der Waals surface area (Å²) in [4.78, 5) is 13.2. The van der Waals surface area contributed by atoms with Crippen LogP contribution in [0.1, 0.15) is 27.2 Å². The molecule has 35 heavy (non-hydrogen) atoms. The quantitative estimate of drug-likeness (QED) is 0.245. The largest absolute Gasteiger partial charge is 0.755 e. The van der Waals surface area contributed by atoms with Crippen molar-refractivity contribution in [2.45, 2.75) is 13.0 Å². The molecule has 0 radical (unpaired) electrons. The molecule has 4 rings (SSSR count). The Balaban J connectivity index is 1.68. The topological polar surface area (TPSA) is 98.2 Å². The molecule has 1 aromatic heterocycles. The second kappa shape index (κ2) is 11.6. The van der Waals surface area contributed by atoms with Gasteiger partial charge < -0.3 is 9.87 Å². The molecule has 12 heteroatoms. The first-order chi connectivity index (χ1) is 16.8. The number of nitrogens with zero attached hydrogens (tertiary/aromatic N) is 3. The van der Waals surface area contributed by atoms with Gasteiger partial charge in [-0.1, -0.05) is 75.5 Å². The molecular weight excluding hydrogens is 595 g/mol. The van der Waals surface area contributed by atoms with Gasteiger partial charge in [0.1, 0.15) is 5.69 Å². The molecule has 4 aromatic rings. The lowest BCUT2D eigenvalue weighted by molar-refractivity contribution is 0.0951. The molecule has 1 amide bonds. The van der Waals surface area contributed by atoms with E-state index in [2.05, 4.69) is 30.0 Å². The van der Waals surface area contributed by atoms with E-state index in [4.69, 9.17) is 23.2 Å². The fraction of sp³-hybridized carbons (Fsp3) is 0.0870. The second-order valence-corrected chi connectivity index (χ2v) is 10.3. The van der Waals surface area contributed by atoms with Gasteiger partial charge in [-0.25, -0.2) is 0 Å². The molecule has 1 unspecified atom stereocenters. The molecule has 3 aromatic carbocycles. The van der Waals surface area contributed by atoms with Gasteiger partial charge in [-0.2, -0.15) is 8.75 Å². The van der Waals surface area contributed by atoms with Crippen molar-refractivity contribution >= 4 is 79.5 Å². The highest BCUT2D eigenvalue weighted by atomic mass is 79.9. The third kappa shape index (κ3) is 6.08. The maximum Gasteiger partial charge on any atom is 0.253 e. The first-order valence-electron chi connectivity index (χ1n) is 10.1. The minimum absolute atomic E-state index is 0.0603. The molecule has 0 spiro atoms. The van der Waals surface area contributed by atoms with E-state index in [1.807, 2.05) is 30.3 Å². The number of amides is 1. The molecule has 1 N–H and O–H groups in total. The van der Waals surface area contributed by atoms with E-state index in [1.54, 1.807) is 30.3 Å². The van der Waals surface area contributed by atoms with Gasteiger partial charge in [-0.3, -0.25) is 13.3 Å². The van der Waals surface area contributed by atoms with Crippen molar-refractivity contribution in [2.75, 3.05) is 4.31 Å². The Morgan fingerprint density at radius 3 is 2.46 bits per heavy atom. The number of carbonyl (C=O) groups excluding carboxylic acids is 1.